The monoisotopic (exact) mass is 277 g/mol. The van der Waals surface area contributed by atoms with Crippen molar-refractivity contribution in [2.75, 3.05) is 0 Å². The molecule has 0 saturated heterocycles. The van der Waals surface area contributed by atoms with Crippen molar-refractivity contribution in [2.45, 2.75) is 30.3 Å². The van der Waals surface area contributed by atoms with Crippen molar-refractivity contribution in [1.29, 1.82) is 0 Å². The Labute approximate surface area is 115 Å². The summed E-state index contributed by atoms with van der Waals surface area (Å²) in [7, 11) is 0. The van der Waals surface area contributed by atoms with E-state index < -0.39 is 11.2 Å². The second-order valence-corrected chi connectivity index (χ2v) is 5.38. The van der Waals surface area contributed by atoms with E-state index in [4.69, 9.17) is 5.73 Å². The van der Waals surface area contributed by atoms with Gasteiger partial charge in [0.05, 0.1) is 6.04 Å². The minimum Gasteiger partial charge on any atom is -0.368 e. The van der Waals surface area contributed by atoms with Gasteiger partial charge in [-0.25, -0.2) is 4.68 Å². The van der Waals surface area contributed by atoms with Crippen molar-refractivity contribution >= 4 is 17.7 Å². The second kappa shape index (κ2) is 5.83. The zero-order valence-corrected chi connectivity index (χ0v) is 11.5. The Balaban J connectivity index is 2.27. The summed E-state index contributed by atoms with van der Waals surface area (Å²) in [6.07, 6.45) is 0. The number of carbonyl (C=O) groups is 1. The van der Waals surface area contributed by atoms with Crippen molar-refractivity contribution in [3.63, 3.8) is 0 Å². The maximum Gasteiger partial charge on any atom is 0.235 e. The Morgan fingerprint density at radius 3 is 2.58 bits per heavy atom. The molecule has 2 aromatic rings. The quantitative estimate of drug-likeness (QED) is 0.838. The van der Waals surface area contributed by atoms with Crippen LogP contribution in [0.15, 0.2) is 35.5 Å². The highest BCUT2D eigenvalue weighted by atomic mass is 32.2. The van der Waals surface area contributed by atoms with Crippen LogP contribution in [0.4, 0.5) is 0 Å². The fourth-order valence-electron chi connectivity index (χ4n) is 1.61. The first kappa shape index (κ1) is 13.5. The number of tetrazole rings is 1. The number of thioether (sulfide) groups is 1. The van der Waals surface area contributed by atoms with Crippen molar-refractivity contribution < 1.29 is 4.79 Å². The van der Waals surface area contributed by atoms with E-state index >= 15 is 0 Å². The van der Waals surface area contributed by atoms with E-state index in [2.05, 4.69) is 15.5 Å². The summed E-state index contributed by atoms with van der Waals surface area (Å²) in [6.45, 7) is 3.95. The summed E-state index contributed by atoms with van der Waals surface area (Å²) < 4.78 is 1.67. The fraction of sp³-hybridized carbons (Fsp3) is 0.333. The molecule has 19 heavy (non-hydrogen) atoms. The molecule has 7 heteroatoms. The Kier molecular flexibility index (Phi) is 4.16. The number of amides is 1. The SMILES string of the molecule is CC(C)n1nnnc1SC(C(N)=O)c1ccccc1. The van der Waals surface area contributed by atoms with Crippen LogP contribution in [0.3, 0.4) is 0 Å². The smallest absolute Gasteiger partial charge is 0.235 e. The zero-order chi connectivity index (χ0) is 13.8. The highest BCUT2D eigenvalue weighted by Gasteiger charge is 2.23. The molecule has 1 unspecified atom stereocenters. The molecular weight excluding hydrogens is 262 g/mol. The van der Waals surface area contributed by atoms with E-state index in [0.29, 0.717) is 5.16 Å². The van der Waals surface area contributed by atoms with Crippen LogP contribution in [-0.2, 0) is 4.79 Å². The predicted molar refractivity (Wildman–Crippen MR) is 72.4 cm³/mol. The van der Waals surface area contributed by atoms with Gasteiger partial charge >= 0.3 is 0 Å². The Bertz CT molecular complexity index is 554. The van der Waals surface area contributed by atoms with E-state index in [-0.39, 0.29) is 6.04 Å². The highest BCUT2D eigenvalue weighted by Crippen LogP contribution is 2.34. The molecule has 0 bridgehead atoms. The van der Waals surface area contributed by atoms with E-state index in [0.717, 1.165) is 5.56 Å². The van der Waals surface area contributed by atoms with Gasteiger partial charge in [-0.2, -0.15) is 0 Å². The van der Waals surface area contributed by atoms with E-state index in [1.807, 2.05) is 44.2 Å². The number of nitrogens with zero attached hydrogens (tertiary/aromatic N) is 4. The Morgan fingerprint density at radius 1 is 1.32 bits per heavy atom. The van der Waals surface area contributed by atoms with Gasteiger partial charge in [-0.05, 0) is 29.8 Å². The van der Waals surface area contributed by atoms with Gasteiger partial charge < -0.3 is 5.73 Å². The van der Waals surface area contributed by atoms with Crippen LogP contribution in [0.2, 0.25) is 0 Å². The number of hydrogen-bond acceptors (Lipinski definition) is 5. The lowest BCUT2D eigenvalue weighted by atomic mass is 10.1. The van der Waals surface area contributed by atoms with Crippen LogP contribution in [0.1, 0.15) is 30.7 Å². The molecule has 1 amide bonds. The molecule has 1 aromatic carbocycles. The molecule has 1 heterocycles. The number of hydrogen-bond donors (Lipinski definition) is 1. The minimum atomic E-state index is -0.496. The molecule has 0 aliphatic heterocycles. The normalized spacial score (nSPS) is 12.6. The van der Waals surface area contributed by atoms with Crippen LogP contribution in [-0.4, -0.2) is 26.1 Å². The van der Waals surface area contributed by atoms with E-state index in [1.54, 1.807) is 4.68 Å². The number of aromatic nitrogens is 4. The number of carbonyl (C=O) groups excluding carboxylic acids is 1. The molecule has 2 rings (SSSR count). The molecule has 0 radical (unpaired) electrons. The topological polar surface area (TPSA) is 86.7 Å². The third kappa shape index (κ3) is 3.11. The fourth-order valence-corrected chi connectivity index (χ4v) is 2.67. The van der Waals surface area contributed by atoms with Crippen LogP contribution < -0.4 is 5.73 Å². The van der Waals surface area contributed by atoms with Crippen LogP contribution in [0, 0.1) is 0 Å². The summed E-state index contributed by atoms with van der Waals surface area (Å²) in [5.74, 6) is -0.408. The summed E-state index contributed by atoms with van der Waals surface area (Å²) in [5, 5.41) is 11.6. The van der Waals surface area contributed by atoms with Gasteiger partial charge in [0.25, 0.3) is 0 Å². The van der Waals surface area contributed by atoms with Crippen molar-refractivity contribution in [2.24, 2.45) is 5.73 Å². The van der Waals surface area contributed by atoms with Crippen molar-refractivity contribution in [3.05, 3.63) is 35.9 Å². The van der Waals surface area contributed by atoms with Gasteiger partial charge in [-0.15, -0.1) is 5.10 Å². The van der Waals surface area contributed by atoms with E-state index in [1.165, 1.54) is 11.8 Å². The number of primary amides is 1. The average Bonchev–Trinajstić information content (AvgIpc) is 2.85. The maximum atomic E-state index is 11.6. The molecule has 0 fully saturated rings. The molecule has 2 N–H and O–H groups in total. The number of rotatable bonds is 5. The summed E-state index contributed by atoms with van der Waals surface area (Å²) in [4.78, 5) is 11.6. The Hall–Kier alpha value is -1.89. The molecule has 0 aliphatic carbocycles. The molecule has 100 valence electrons. The third-order valence-electron chi connectivity index (χ3n) is 2.54. The number of benzene rings is 1. The molecular formula is C12H15N5OS. The predicted octanol–water partition coefficient (Wildman–Crippen LogP) is 1.57. The van der Waals surface area contributed by atoms with Gasteiger partial charge in [0.1, 0.15) is 5.25 Å². The highest BCUT2D eigenvalue weighted by molar-refractivity contribution is 8.00. The van der Waals surface area contributed by atoms with Gasteiger partial charge in [0.2, 0.25) is 11.1 Å². The first-order valence-electron chi connectivity index (χ1n) is 5.88. The maximum absolute atomic E-state index is 11.6. The molecule has 1 aromatic heterocycles. The molecule has 1 atom stereocenters. The lowest BCUT2D eigenvalue weighted by Gasteiger charge is -2.13. The first-order chi connectivity index (χ1) is 9.09. The van der Waals surface area contributed by atoms with Crippen molar-refractivity contribution in [3.8, 4) is 0 Å². The van der Waals surface area contributed by atoms with Crippen LogP contribution >= 0.6 is 11.8 Å². The third-order valence-corrected chi connectivity index (χ3v) is 3.76. The molecule has 0 saturated carbocycles. The number of nitrogens with two attached hydrogens (primary N) is 1. The summed E-state index contributed by atoms with van der Waals surface area (Å²) >= 11 is 1.26. The minimum absolute atomic E-state index is 0.127. The molecule has 0 aliphatic rings. The average molecular weight is 277 g/mol. The second-order valence-electron chi connectivity index (χ2n) is 4.31. The summed E-state index contributed by atoms with van der Waals surface area (Å²) in [6, 6.07) is 9.50. The van der Waals surface area contributed by atoms with E-state index in [9.17, 15) is 4.79 Å². The summed E-state index contributed by atoms with van der Waals surface area (Å²) in [5.41, 5.74) is 6.32. The van der Waals surface area contributed by atoms with Gasteiger partial charge in [-0.1, -0.05) is 42.1 Å². The molecule has 0 spiro atoms. The zero-order valence-electron chi connectivity index (χ0n) is 10.7. The van der Waals surface area contributed by atoms with Crippen LogP contribution in [0.5, 0.6) is 0 Å². The van der Waals surface area contributed by atoms with Crippen LogP contribution in [0.25, 0.3) is 0 Å². The first-order valence-corrected chi connectivity index (χ1v) is 6.76. The lowest BCUT2D eigenvalue weighted by Crippen LogP contribution is -2.19. The standard InChI is InChI=1S/C12H15N5OS/c1-8(2)17-12(14-15-16-17)19-10(11(13)18)9-6-4-3-5-7-9/h3-8,10H,1-2H3,(H2,13,18). The van der Waals surface area contributed by atoms with Gasteiger partial charge in [-0.3, -0.25) is 4.79 Å². The van der Waals surface area contributed by atoms with Gasteiger partial charge in [0.15, 0.2) is 0 Å². The molecule has 6 nitrogen and oxygen atoms in total. The van der Waals surface area contributed by atoms with Gasteiger partial charge in [0, 0.05) is 0 Å². The largest absolute Gasteiger partial charge is 0.368 e. The van der Waals surface area contributed by atoms with Crippen molar-refractivity contribution in [1.82, 2.24) is 20.2 Å². The Morgan fingerprint density at radius 2 is 2.00 bits per heavy atom. The lowest BCUT2D eigenvalue weighted by molar-refractivity contribution is -0.117.